The van der Waals surface area contributed by atoms with Crippen molar-refractivity contribution in [3.63, 3.8) is 0 Å². The molecular weight excluding hydrogens is 244 g/mol. The van der Waals surface area contributed by atoms with Crippen LogP contribution in [0.15, 0.2) is 16.8 Å². The van der Waals surface area contributed by atoms with E-state index in [9.17, 15) is 0 Å². The van der Waals surface area contributed by atoms with Gasteiger partial charge in [0, 0.05) is 12.8 Å². The first-order chi connectivity index (χ1) is 9.07. The van der Waals surface area contributed by atoms with Crippen LogP contribution in [0.1, 0.15) is 50.1 Å². The summed E-state index contributed by atoms with van der Waals surface area (Å²) < 4.78 is 13.2. The van der Waals surface area contributed by atoms with Gasteiger partial charge in [-0.25, -0.2) is 0 Å². The Kier molecular flexibility index (Phi) is 2.89. The summed E-state index contributed by atoms with van der Waals surface area (Å²) in [7, 11) is 0. The predicted molar refractivity (Wildman–Crippen MR) is 67.6 cm³/mol. The third-order valence-corrected chi connectivity index (χ3v) is 3.45. The summed E-state index contributed by atoms with van der Waals surface area (Å²) in [5, 5.41) is 12.6. The van der Waals surface area contributed by atoms with E-state index in [1.165, 1.54) is 0 Å². The molecule has 1 aliphatic rings. The number of nitrogens with zero attached hydrogens (tertiary/aromatic N) is 4. The zero-order valence-electron chi connectivity index (χ0n) is 11.5. The zero-order valence-corrected chi connectivity index (χ0v) is 11.5. The van der Waals surface area contributed by atoms with Crippen molar-refractivity contribution in [2.45, 2.75) is 45.3 Å². The topological polar surface area (TPSA) is 66.0 Å². The average molecular weight is 262 g/mol. The molecule has 0 aliphatic carbocycles. The molecule has 0 N–H and O–H groups in total. The van der Waals surface area contributed by atoms with Gasteiger partial charge in [0.15, 0.2) is 0 Å². The lowest BCUT2D eigenvalue weighted by Crippen LogP contribution is -2.28. The van der Waals surface area contributed by atoms with Gasteiger partial charge < -0.3 is 9.15 Å². The van der Waals surface area contributed by atoms with E-state index in [0.717, 1.165) is 25.0 Å². The molecule has 1 unspecified atom stereocenters. The highest BCUT2D eigenvalue weighted by Gasteiger charge is 2.32. The third-order valence-electron chi connectivity index (χ3n) is 3.45. The van der Waals surface area contributed by atoms with Crippen molar-refractivity contribution >= 4 is 0 Å². The number of rotatable bonds is 3. The molecule has 3 heterocycles. The molecule has 0 spiro atoms. The minimum Gasteiger partial charge on any atom is -0.420 e. The van der Waals surface area contributed by atoms with Crippen molar-refractivity contribution in [1.29, 1.82) is 0 Å². The van der Waals surface area contributed by atoms with Gasteiger partial charge in [-0.15, -0.1) is 10.2 Å². The SMILES string of the molecule is Cc1cnn(C(C)(C)c2nnc(C3CCCO3)o2)c1. The number of ether oxygens (including phenoxy) is 1. The van der Waals surface area contributed by atoms with E-state index in [1.54, 1.807) is 0 Å². The van der Waals surface area contributed by atoms with Crippen molar-refractivity contribution in [3.8, 4) is 0 Å². The fourth-order valence-electron chi connectivity index (χ4n) is 2.20. The fraction of sp³-hybridized carbons (Fsp3) is 0.615. The van der Waals surface area contributed by atoms with Crippen molar-refractivity contribution in [2.24, 2.45) is 0 Å². The monoisotopic (exact) mass is 262 g/mol. The molecule has 0 amide bonds. The van der Waals surface area contributed by atoms with Crippen LogP contribution in [-0.4, -0.2) is 26.6 Å². The zero-order chi connectivity index (χ0) is 13.5. The van der Waals surface area contributed by atoms with Gasteiger partial charge in [0.1, 0.15) is 11.6 Å². The largest absolute Gasteiger partial charge is 0.420 e. The summed E-state index contributed by atoms with van der Waals surface area (Å²) in [6, 6.07) is 0. The summed E-state index contributed by atoms with van der Waals surface area (Å²) in [5.41, 5.74) is 0.643. The smallest absolute Gasteiger partial charge is 0.245 e. The van der Waals surface area contributed by atoms with Gasteiger partial charge >= 0.3 is 0 Å². The molecule has 1 fully saturated rings. The van der Waals surface area contributed by atoms with Crippen LogP contribution in [0.3, 0.4) is 0 Å². The van der Waals surface area contributed by atoms with Gasteiger partial charge in [-0.2, -0.15) is 5.10 Å². The summed E-state index contributed by atoms with van der Waals surface area (Å²) in [6.45, 7) is 6.79. The maximum Gasteiger partial charge on any atom is 0.245 e. The highest BCUT2D eigenvalue weighted by Crippen LogP contribution is 2.30. The maximum atomic E-state index is 5.79. The molecule has 0 bridgehead atoms. The predicted octanol–water partition coefficient (Wildman–Crippen LogP) is 2.21. The van der Waals surface area contributed by atoms with E-state index < -0.39 is 5.54 Å². The average Bonchev–Trinajstić information content (AvgIpc) is 3.10. The van der Waals surface area contributed by atoms with Crippen molar-refractivity contribution in [2.75, 3.05) is 6.61 Å². The Hall–Kier alpha value is -1.69. The Bertz CT molecular complexity index is 567. The lowest BCUT2D eigenvalue weighted by Gasteiger charge is -2.20. The van der Waals surface area contributed by atoms with Gasteiger partial charge in [-0.1, -0.05) is 0 Å². The summed E-state index contributed by atoms with van der Waals surface area (Å²) in [5.74, 6) is 1.13. The molecule has 1 aliphatic heterocycles. The number of hydrogen-bond acceptors (Lipinski definition) is 5. The van der Waals surface area contributed by atoms with Gasteiger partial charge in [-0.3, -0.25) is 4.68 Å². The molecule has 102 valence electrons. The standard InChI is InChI=1S/C13H18N4O2/c1-9-7-14-17(8-9)13(2,3)12-16-15-11(19-12)10-5-4-6-18-10/h7-8,10H,4-6H2,1-3H3. The Morgan fingerprint density at radius 1 is 1.37 bits per heavy atom. The second kappa shape index (κ2) is 4.45. The highest BCUT2D eigenvalue weighted by atomic mass is 16.5. The van der Waals surface area contributed by atoms with Crippen LogP contribution in [0, 0.1) is 6.92 Å². The number of aromatic nitrogens is 4. The van der Waals surface area contributed by atoms with E-state index in [2.05, 4.69) is 15.3 Å². The molecule has 1 atom stereocenters. The molecule has 6 heteroatoms. The van der Waals surface area contributed by atoms with Crippen LogP contribution in [0.4, 0.5) is 0 Å². The van der Waals surface area contributed by atoms with E-state index >= 15 is 0 Å². The normalized spacial score (nSPS) is 20.1. The van der Waals surface area contributed by atoms with Crippen molar-refractivity contribution in [3.05, 3.63) is 29.7 Å². The lowest BCUT2D eigenvalue weighted by atomic mass is 10.1. The van der Waals surface area contributed by atoms with Crippen LogP contribution in [0.25, 0.3) is 0 Å². The van der Waals surface area contributed by atoms with E-state index in [1.807, 2.05) is 37.8 Å². The minimum absolute atomic E-state index is 0.0450. The Labute approximate surface area is 111 Å². The number of hydrogen-bond donors (Lipinski definition) is 0. The van der Waals surface area contributed by atoms with Gasteiger partial charge in [0.05, 0.1) is 6.20 Å². The first-order valence-corrected chi connectivity index (χ1v) is 6.54. The molecule has 1 saturated heterocycles. The molecule has 0 radical (unpaired) electrons. The highest BCUT2D eigenvalue weighted by molar-refractivity contribution is 5.07. The third kappa shape index (κ3) is 2.16. The van der Waals surface area contributed by atoms with Gasteiger partial charge in [0.25, 0.3) is 0 Å². The van der Waals surface area contributed by atoms with Crippen molar-refractivity contribution in [1.82, 2.24) is 20.0 Å². The quantitative estimate of drug-likeness (QED) is 0.848. The Morgan fingerprint density at radius 3 is 2.84 bits per heavy atom. The summed E-state index contributed by atoms with van der Waals surface area (Å²) >= 11 is 0. The molecule has 0 saturated carbocycles. The van der Waals surface area contributed by atoms with Gasteiger partial charge in [-0.05, 0) is 39.2 Å². The molecule has 2 aromatic rings. The molecule has 6 nitrogen and oxygen atoms in total. The van der Waals surface area contributed by atoms with Gasteiger partial charge in [0.2, 0.25) is 11.8 Å². The van der Waals surface area contributed by atoms with Crippen LogP contribution in [0.5, 0.6) is 0 Å². The van der Waals surface area contributed by atoms with E-state index in [0.29, 0.717) is 11.8 Å². The fourth-order valence-corrected chi connectivity index (χ4v) is 2.20. The summed E-state index contributed by atoms with van der Waals surface area (Å²) in [4.78, 5) is 0. The van der Waals surface area contributed by atoms with E-state index in [4.69, 9.17) is 9.15 Å². The van der Waals surface area contributed by atoms with Crippen molar-refractivity contribution < 1.29 is 9.15 Å². The molecule has 19 heavy (non-hydrogen) atoms. The molecular formula is C13H18N4O2. The second-order valence-electron chi connectivity index (χ2n) is 5.47. The van der Waals surface area contributed by atoms with Crippen LogP contribution in [-0.2, 0) is 10.3 Å². The molecule has 0 aromatic carbocycles. The van der Waals surface area contributed by atoms with Crippen LogP contribution >= 0.6 is 0 Å². The molecule has 2 aromatic heterocycles. The first-order valence-electron chi connectivity index (χ1n) is 6.54. The van der Waals surface area contributed by atoms with Crippen LogP contribution in [0.2, 0.25) is 0 Å². The second-order valence-corrected chi connectivity index (χ2v) is 5.47. The van der Waals surface area contributed by atoms with Crippen LogP contribution < -0.4 is 0 Å². The number of aryl methyl sites for hydroxylation is 1. The first kappa shape index (κ1) is 12.3. The maximum absolute atomic E-state index is 5.79. The molecule has 3 rings (SSSR count). The summed E-state index contributed by atoms with van der Waals surface area (Å²) in [6.07, 6.45) is 5.73. The Balaban J connectivity index is 1.88. The lowest BCUT2D eigenvalue weighted by molar-refractivity contribution is 0.0861. The minimum atomic E-state index is -0.460. The van der Waals surface area contributed by atoms with E-state index in [-0.39, 0.29) is 6.10 Å². The Morgan fingerprint density at radius 2 is 2.21 bits per heavy atom.